The lowest BCUT2D eigenvalue weighted by molar-refractivity contribution is 0.255. The molecule has 5 nitrogen and oxygen atoms in total. The molecule has 1 rings (SSSR count). The van der Waals surface area contributed by atoms with Crippen molar-refractivity contribution in [2.24, 2.45) is 0 Å². The first kappa shape index (κ1) is 13.9. The van der Waals surface area contributed by atoms with Gasteiger partial charge in [0.2, 0.25) is 0 Å². The fourth-order valence-corrected chi connectivity index (χ4v) is 1.31. The van der Waals surface area contributed by atoms with Crippen LogP contribution in [0.5, 0.6) is 11.5 Å². The first-order valence-electron chi connectivity index (χ1n) is 5.65. The fraction of sp³-hybridized carbons (Fsp3) is 0.308. The SMILES string of the molecule is CC/C=C/NC(=O)Nc1ccc(OC)cc1OC. The maximum atomic E-state index is 11.5. The maximum Gasteiger partial charge on any atom is 0.323 e. The Balaban J connectivity index is 2.71. The number of carbonyl (C=O) groups excluding carboxylic acids is 1. The van der Waals surface area contributed by atoms with E-state index in [0.717, 1.165) is 6.42 Å². The number of benzene rings is 1. The van der Waals surface area contributed by atoms with Gasteiger partial charge in [-0.25, -0.2) is 4.79 Å². The highest BCUT2D eigenvalue weighted by atomic mass is 16.5. The number of allylic oxidation sites excluding steroid dienone is 1. The van der Waals surface area contributed by atoms with Crippen LogP contribution in [-0.2, 0) is 0 Å². The topological polar surface area (TPSA) is 59.6 Å². The van der Waals surface area contributed by atoms with Gasteiger partial charge in [-0.2, -0.15) is 0 Å². The lowest BCUT2D eigenvalue weighted by Crippen LogP contribution is -2.24. The Bertz CT molecular complexity index is 430. The van der Waals surface area contributed by atoms with Gasteiger partial charge >= 0.3 is 6.03 Å². The van der Waals surface area contributed by atoms with Gasteiger partial charge in [0.1, 0.15) is 11.5 Å². The van der Waals surface area contributed by atoms with Crippen molar-refractivity contribution in [3.05, 3.63) is 30.5 Å². The second-order valence-electron chi connectivity index (χ2n) is 3.48. The molecule has 0 radical (unpaired) electrons. The number of ether oxygens (including phenoxy) is 2. The highest BCUT2D eigenvalue weighted by Gasteiger charge is 2.07. The van der Waals surface area contributed by atoms with E-state index in [1.165, 1.54) is 7.11 Å². The minimum atomic E-state index is -0.317. The van der Waals surface area contributed by atoms with Gasteiger partial charge in [-0.05, 0) is 18.6 Å². The predicted octanol–water partition coefficient (Wildman–Crippen LogP) is 2.75. The van der Waals surface area contributed by atoms with Crippen molar-refractivity contribution in [1.29, 1.82) is 0 Å². The number of hydrogen-bond donors (Lipinski definition) is 2. The van der Waals surface area contributed by atoms with E-state index in [-0.39, 0.29) is 6.03 Å². The summed E-state index contributed by atoms with van der Waals surface area (Å²) in [5, 5.41) is 5.28. The van der Waals surface area contributed by atoms with Crippen LogP contribution in [0, 0.1) is 0 Å². The molecule has 18 heavy (non-hydrogen) atoms. The molecule has 0 aliphatic heterocycles. The van der Waals surface area contributed by atoms with Crippen molar-refractivity contribution >= 4 is 11.7 Å². The largest absolute Gasteiger partial charge is 0.497 e. The van der Waals surface area contributed by atoms with E-state index in [9.17, 15) is 4.79 Å². The number of nitrogens with one attached hydrogen (secondary N) is 2. The summed E-state index contributed by atoms with van der Waals surface area (Å²) in [4.78, 5) is 11.5. The van der Waals surface area contributed by atoms with Crippen LogP contribution in [0.15, 0.2) is 30.5 Å². The highest BCUT2D eigenvalue weighted by Crippen LogP contribution is 2.28. The molecule has 0 aromatic heterocycles. The zero-order valence-corrected chi connectivity index (χ0v) is 10.8. The Morgan fingerprint density at radius 1 is 1.33 bits per heavy atom. The molecule has 0 saturated heterocycles. The van der Waals surface area contributed by atoms with Crippen LogP contribution in [0.2, 0.25) is 0 Å². The van der Waals surface area contributed by atoms with Gasteiger partial charge in [-0.1, -0.05) is 13.0 Å². The first-order valence-corrected chi connectivity index (χ1v) is 5.65. The summed E-state index contributed by atoms with van der Waals surface area (Å²) in [6.45, 7) is 1.99. The van der Waals surface area contributed by atoms with Crippen molar-refractivity contribution in [3.63, 3.8) is 0 Å². The van der Waals surface area contributed by atoms with E-state index in [1.54, 1.807) is 31.5 Å². The van der Waals surface area contributed by atoms with Gasteiger partial charge in [0.05, 0.1) is 19.9 Å². The summed E-state index contributed by atoms with van der Waals surface area (Å²) in [6, 6.07) is 4.86. The molecular formula is C13H18N2O3. The van der Waals surface area contributed by atoms with E-state index in [0.29, 0.717) is 17.2 Å². The molecule has 2 N–H and O–H groups in total. The van der Waals surface area contributed by atoms with E-state index >= 15 is 0 Å². The third kappa shape index (κ3) is 4.01. The summed E-state index contributed by atoms with van der Waals surface area (Å²) >= 11 is 0. The smallest absolute Gasteiger partial charge is 0.323 e. The molecule has 0 bridgehead atoms. The Hall–Kier alpha value is -2.17. The average molecular weight is 250 g/mol. The van der Waals surface area contributed by atoms with Crippen LogP contribution in [0.4, 0.5) is 10.5 Å². The normalized spacial score (nSPS) is 10.2. The summed E-state index contributed by atoms with van der Waals surface area (Å²) in [5.41, 5.74) is 0.584. The fourth-order valence-electron chi connectivity index (χ4n) is 1.31. The molecule has 0 aliphatic rings. The molecular weight excluding hydrogens is 232 g/mol. The molecule has 0 saturated carbocycles. The minimum absolute atomic E-state index is 0.317. The van der Waals surface area contributed by atoms with Crippen LogP contribution < -0.4 is 20.1 Å². The lowest BCUT2D eigenvalue weighted by Gasteiger charge is -2.11. The van der Waals surface area contributed by atoms with Gasteiger partial charge in [0, 0.05) is 12.3 Å². The summed E-state index contributed by atoms with van der Waals surface area (Å²) in [6.07, 6.45) is 4.32. The summed E-state index contributed by atoms with van der Waals surface area (Å²) in [5.74, 6) is 1.22. The average Bonchev–Trinajstić information content (AvgIpc) is 2.39. The van der Waals surface area contributed by atoms with Gasteiger partial charge in [-0.15, -0.1) is 0 Å². The van der Waals surface area contributed by atoms with E-state index in [1.807, 2.05) is 13.0 Å². The van der Waals surface area contributed by atoms with Crippen LogP contribution in [0.25, 0.3) is 0 Å². The molecule has 0 spiro atoms. The first-order chi connectivity index (χ1) is 8.71. The van der Waals surface area contributed by atoms with Crippen LogP contribution in [-0.4, -0.2) is 20.3 Å². The molecule has 1 aromatic rings. The third-order valence-electron chi connectivity index (χ3n) is 2.22. The maximum absolute atomic E-state index is 11.5. The number of urea groups is 1. The molecule has 0 atom stereocenters. The van der Waals surface area contributed by atoms with Crippen molar-refractivity contribution in [1.82, 2.24) is 5.32 Å². The summed E-state index contributed by atoms with van der Waals surface area (Å²) < 4.78 is 10.3. The molecule has 1 aromatic carbocycles. The van der Waals surface area contributed by atoms with E-state index in [2.05, 4.69) is 10.6 Å². The highest BCUT2D eigenvalue weighted by molar-refractivity contribution is 5.91. The third-order valence-corrected chi connectivity index (χ3v) is 2.22. The van der Waals surface area contributed by atoms with Gasteiger partial charge in [-0.3, -0.25) is 0 Å². The number of amides is 2. The number of carbonyl (C=O) groups is 1. The zero-order chi connectivity index (χ0) is 13.4. The van der Waals surface area contributed by atoms with Gasteiger partial charge in [0.15, 0.2) is 0 Å². The number of hydrogen-bond acceptors (Lipinski definition) is 3. The van der Waals surface area contributed by atoms with Crippen LogP contribution in [0.1, 0.15) is 13.3 Å². The molecule has 2 amide bonds. The van der Waals surface area contributed by atoms with Crippen molar-refractivity contribution < 1.29 is 14.3 Å². The molecule has 98 valence electrons. The van der Waals surface area contributed by atoms with Gasteiger partial charge in [0.25, 0.3) is 0 Å². The quantitative estimate of drug-likeness (QED) is 0.844. The Morgan fingerprint density at radius 3 is 2.72 bits per heavy atom. The molecule has 0 unspecified atom stereocenters. The van der Waals surface area contributed by atoms with E-state index < -0.39 is 0 Å². The second-order valence-corrected chi connectivity index (χ2v) is 3.48. The Labute approximate surface area is 107 Å². The Kier molecular flexibility index (Phi) is 5.57. The van der Waals surface area contributed by atoms with Crippen molar-refractivity contribution in [2.45, 2.75) is 13.3 Å². The number of rotatable bonds is 5. The van der Waals surface area contributed by atoms with Crippen LogP contribution >= 0.6 is 0 Å². The van der Waals surface area contributed by atoms with Gasteiger partial charge < -0.3 is 20.1 Å². The van der Waals surface area contributed by atoms with Crippen molar-refractivity contribution in [3.8, 4) is 11.5 Å². The molecule has 0 fully saturated rings. The standard InChI is InChI=1S/C13H18N2O3/c1-4-5-8-14-13(16)15-11-7-6-10(17-2)9-12(11)18-3/h5-9H,4H2,1-3H3,(H2,14,15,16)/b8-5+. The predicted molar refractivity (Wildman–Crippen MR) is 71.1 cm³/mol. The lowest BCUT2D eigenvalue weighted by atomic mass is 10.2. The monoisotopic (exact) mass is 250 g/mol. The molecule has 0 heterocycles. The molecule has 5 heteroatoms. The minimum Gasteiger partial charge on any atom is -0.497 e. The molecule has 0 aliphatic carbocycles. The zero-order valence-electron chi connectivity index (χ0n) is 10.8. The van der Waals surface area contributed by atoms with Crippen molar-refractivity contribution in [2.75, 3.05) is 19.5 Å². The second kappa shape index (κ2) is 7.21. The number of anilines is 1. The Morgan fingerprint density at radius 2 is 2.11 bits per heavy atom. The van der Waals surface area contributed by atoms with E-state index in [4.69, 9.17) is 9.47 Å². The van der Waals surface area contributed by atoms with Crippen LogP contribution in [0.3, 0.4) is 0 Å². The summed E-state index contributed by atoms with van der Waals surface area (Å²) in [7, 11) is 3.11. The number of methoxy groups -OCH3 is 2.